The van der Waals surface area contributed by atoms with Crippen LogP contribution < -0.4 is 5.32 Å². The van der Waals surface area contributed by atoms with Crippen molar-refractivity contribution in [2.75, 3.05) is 5.32 Å². The van der Waals surface area contributed by atoms with Gasteiger partial charge in [0.2, 0.25) is 0 Å². The van der Waals surface area contributed by atoms with E-state index in [1.165, 1.54) is 0 Å². The fraction of sp³-hybridized carbons (Fsp3) is 0.278. The third-order valence-corrected chi connectivity index (χ3v) is 3.94. The van der Waals surface area contributed by atoms with Crippen molar-refractivity contribution in [1.29, 1.82) is 0 Å². The lowest BCUT2D eigenvalue weighted by Gasteiger charge is -2.10. The van der Waals surface area contributed by atoms with Gasteiger partial charge in [0.05, 0.1) is 16.6 Å². The molecule has 1 N–H and O–H groups in total. The van der Waals surface area contributed by atoms with Gasteiger partial charge in [-0.05, 0) is 45.4 Å². The summed E-state index contributed by atoms with van der Waals surface area (Å²) >= 11 is 0. The zero-order valence-electron chi connectivity index (χ0n) is 13.8. The average Bonchev–Trinajstić information content (AvgIpc) is 2.84. The number of aryl methyl sites for hydroxylation is 4. The third kappa shape index (κ3) is 2.70. The van der Waals surface area contributed by atoms with E-state index < -0.39 is 0 Å². The Morgan fingerprint density at radius 3 is 2.65 bits per heavy atom. The monoisotopic (exact) mass is 308 g/mol. The highest BCUT2D eigenvalue weighted by Gasteiger charge is 2.18. The number of benzene rings is 1. The smallest absolute Gasteiger partial charge is 0.256 e. The molecule has 3 aromatic rings. The number of fused-ring (bicyclic) bond motifs is 1. The summed E-state index contributed by atoms with van der Waals surface area (Å²) in [5, 5.41) is 8.31. The van der Waals surface area contributed by atoms with Crippen molar-refractivity contribution in [3.05, 3.63) is 52.8 Å². The molecule has 0 aliphatic heterocycles. The van der Waals surface area contributed by atoms with E-state index in [0.717, 1.165) is 40.2 Å². The van der Waals surface area contributed by atoms with Crippen LogP contribution in [0.4, 0.5) is 5.69 Å². The Kier molecular flexibility index (Phi) is 3.86. The first-order valence-electron chi connectivity index (χ1n) is 7.73. The summed E-state index contributed by atoms with van der Waals surface area (Å²) in [6, 6.07) is 9.57. The molecule has 0 unspecified atom stereocenters. The quantitative estimate of drug-likeness (QED) is 0.803. The summed E-state index contributed by atoms with van der Waals surface area (Å²) < 4.78 is 1.84. The zero-order chi connectivity index (χ0) is 16.6. The summed E-state index contributed by atoms with van der Waals surface area (Å²) in [7, 11) is 0. The number of aromatic nitrogens is 3. The molecule has 1 aromatic carbocycles. The van der Waals surface area contributed by atoms with Crippen molar-refractivity contribution in [3.63, 3.8) is 0 Å². The number of carbonyl (C=O) groups excluding carboxylic acids is 1. The van der Waals surface area contributed by atoms with Crippen molar-refractivity contribution < 1.29 is 4.79 Å². The fourth-order valence-corrected chi connectivity index (χ4v) is 2.78. The van der Waals surface area contributed by atoms with Gasteiger partial charge < -0.3 is 5.32 Å². The van der Waals surface area contributed by atoms with Gasteiger partial charge in [0.25, 0.3) is 5.91 Å². The van der Waals surface area contributed by atoms with Crippen molar-refractivity contribution >= 4 is 22.6 Å². The summed E-state index contributed by atoms with van der Waals surface area (Å²) in [6.45, 7) is 8.52. The first kappa shape index (κ1) is 15.2. The van der Waals surface area contributed by atoms with Crippen LogP contribution in [-0.2, 0) is 6.54 Å². The lowest BCUT2D eigenvalue weighted by Crippen LogP contribution is -2.14. The number of hydrogen-bond donors (Lipinski definition) is 1. The number of carbonyl (C=O) groups is 1. The highest BCUT2D eigenvalue weighted by molar-refractivity contribution is 6.12. The minimum absolute atomic E-state index is 0.131. The summed E-state index contributed by atoms with van der Waals surface area (Å²) in [4.78, 5) is 17.4. The minimum Gasteiger partial charge on any atom is -0.322 e. The maximum Gasteiger partial charge on any atom is 0.256 e. The number of hydrogen-bond acceptors (Lipinski definition) is 3. The molecule has 23 heavy (non-hydrogen) atoms. The SMILES string of the molecule is CCn1nc(C)c2c(C(=O)Nc3ccccc3C)cc(C)nc21. The second-order valence-corrected chi connectivity index (χ2v) is 5.68. The predicted molar refractivity (Wildman–Crippen MR) is 91.8 cm³/mol. The molecule has 0 spiro atoms. The average molecular weight is 308 g/mol. The number of para-hydroxylation sites is 1. The van der Waals surface area contributed by atoms with Gasteiger partial charge in [0.15, 0.2) is 5.65 Å². The normalized spacial score (nSPS) is 11.0. The zero-order valence-corrected chi connectivity index (χ0v) is 13.8. The number of nitrogens with zero attached hydrogens (tertiary/aromatic N) is 3. The van der Waals surface area contributed by atoms with Crippen LogP contribution in [0.25, 0.3) is 11.0 Å². The van der Waals surface area contributed by atoms with Gasteiger partial charge in [0, 0.05) is 17.9 Å². The molecular formula is C18H20N4O. The molecule has 5 nitrogen and oxygen atoms in total. The van der Waals surface area contributed by atoms with E-state index in [4.69, 9.17) is 0 Å². The number of pyridine rings is 1. The van der Waals surface area contributed by atoms with Crippen LogP contribution in [0.2, 0.25) is 0 Å². The van der Waals surface area contributed by atoms with Crippen LogP contribution in [-0.4, -0.2) is 20.7 Å². The highest BCUT2D eigenvalue weighted by atomic mass is 16.1. The Morgan fingerprint density at radius 2 is 1.96 bits per heavy atom. The van der Waals surface area contributed by atoms with Gasteiger partial charge >= 0.3 is 0 Å². The van der Waals surface area contributed by atoms with Crippen molar-refractivity contribution in [1.82, 2.24) is 14.8 Å². The second kappa shape index (κ2) is 5.83. The van der Waals surface area contributed by atoms with Crippen LogP contribution in [0.1, 0.15) is 34.2 Å². The maximum absolute atomic E-state index is 12.8. The van der Waals surface area contributed by atoms with E-state index in [0.29, 0.717) is 5.56 Å². The largest absolute Gasteiger partial charge is 0.322 e. The number of anilines is 1. The minimum atomic E-state index is -0.131. The Bertz CT molecular complexity index is 895. The first-order chi connectivity index (χ1) is 11.0. The van der Waals surface area contributed by atoms with Gasteiger partial charge in [-0.2, -0.15) is 5.10 Å². The molecule has 2 heterocycles. The molecule has 0 saturated heterocycles. The molecule has 118 valence electrons. The van der Waals surface area contributed by atoms with Crippen LogP contribution in [0.15, 0.2) is 30.3 Å². The standard InChI is InChI=1S/C18H20N4O/c1-5-22-17-16(13(4)21-22)14(10-12(3)19-17)18(23)20-15-9-7-6-8-11(15)2/h6-10H,5H2,1-4H3,(H,20,23). The lowest BCUT2D eigenvalue weighted by atomic mass is 10.1. The number of nitrogens with one attached hydrogen (secondary N) is 1. The summed E-state index contributed by atoms with van der Waals surface area (Å²) in [6.07, 6.45) is 0. The maximum atomic E-state index is 12.8. The molecule has 0 atom stereocenters. The lowest BCUT2D eigenvalue weighted by molar-refractivity contribution is 0.102. The third-order valence-electron chi connectivity index (χ3n) is 3.94. The number of amides is 1. The number of rotatable bonds is 3. The van der Waals surface area contributed by atoms with E-state index in [9.17, 15) is 4.79 Å². The van der Waals surface area contributed by atoms with Gasteiger partial charge in [-0.1, -0.05) is 18.2 Å². The molecule has 0 radical (unpaired) electrons. The molecule has 0 aliphatic rings. The Balaban J connectivity index is 2.10. The molecule has 0 aliphatic carbocycles. The Morgan fingerprint density at radius 1 is 1.22 bits per heavy atom. The van der Waals surface area contributed by atoms with E-state index in [2.05, 4.69) is 15.4 Å². The van der Waals surface area contributed by atoms with Gasteiger partial charge in [-0.15, -0.1) is 0 Å². The van der Waals surface area contributed by atoms with Gasteiger partial charge in [-0.3, -0.25) is 4.79 Å². The van der Waals surface area contributed by atoms with Crippen LogP contribution in [0, 0.1) is 20.8 Å². The van der Waals surface area contributed by atoms with Crippen LogP contribution in [0.5, 0.6) is 0 Å². The van der Waals surface area contributed by atoms with Crippen molar-refractivity contribution in [2.45, 2.75) is 34.2 Å². The van der Waals surface area contributed by atoms with Crippen LogP contribution >= 0.6 is 0 Å². The molecule has 0 fully saturated rings. The molecule has 3 rings (SSSR count). The molecule has 1 amide bonds. The van der Waals surface area contributed by atoms with E-state index in [-0.39, 0.29) is 5.91 Å². The van der Waals surface area contributed by atoms with E-state index in [1.54, 1.807) is 0 Å². The molecular weight excluding hydrogens is 288 g/mol. The van der Waals surface area contributed by atoms with E-state index >= 15 is 0 Å². The highest BCUT2D eigenvalue weighted by Crippen LogP contribution is 2.24. The molecule has 5 heteroatoms. The van der Waals surface area contributed by atoms with Crippen molar-refractivity contribution in [2.24, 2.45) is 0 Å². The first-order valence-corrected chi connectivity index (χ1v) is 7.73. The van der Waals surface area contributed by atoms with E-state index in [1.807, 2.05) is 62.7 Å². The molecule has 2 aromatic heterocycles. The Hall–Kier alpha value is -2.69. The summed E-state index contributed by atoms with van der Waals surface area (Å²) in [5.74, 6) is -0.131. The topological polar surface area (TPSA) is 59.8 Å². The van der Waals surface area contributed by atoms with Gasteiger partial charge in [0.1, 0.15) is 0 Å². The van der Waals surface area contributed by atoms with Crippen LogP contribution in [0.3, 0.4) is 0 Å². The Labute approximate surface area is 135 Å². The molecule has 0 bridgehead atoms. The van der Waals surface area contributed by atoms with Gasteiger partial charge in [-0.25, -0.2) is 9.67 Å². The fourth-order valence-electron chi connectivity index (χ4n) is 2.78. The van der Waals surface area contributed by atoms with Crippen molar-refractivity contribution in [3.8, 4) is 0 Å². The molecule has 0 saturated carbocycles. The second-order valence-electron chi connectivity index (χ2n) is 5.68. The predicted octanol–water partition coefficient (Wildman–Crippen LogP) is 3.63. The summed E-state index contributed by atoms with van der Waals surface area (Å²) in [5.41, 5.74) is 4.86.